The fourth-order valence-electron chi connectivity index (χ4n) is 4.24. The Morgan fingerprint density at radius 1 is 1.23 bits per heavy atom. The molecule has 3 aliphatic rings. The maximum Gasteiger partial charge on any atom is 0.275 e. The average Bonchev–Trinajstić information content (AvgIpc) is 3.06. The van der Waals surface area contributed by atoms with Crippen molar-refractivity contribution in [1.29, 1.82) is 0 Å². The fourth-order valence-corrected chi connectivity index (χ4v) is 4.24. The second-order valence-electron chi connectivity index (χ2n) is 7.41. The maximum atomic E-state index is 13.0. The van der Waals surface area contributed by atoms with E-state index in [-0.39, 0.29) is 36.6 Å². The van der Waals surface area contributed by atoms with Crippen molar-refractivity contribution in [3.8, 4) is 0 Å². The second-order valence-corrected chi connectivity index (χ2v) is 7.41. The van der Waals surface area contributed by atoms with E-state index in [2.05, 4.69) is 10.2 Å². The number of nitrogens with one attached hydrogen (secondary N) is 1. The van der Waals surface area contributed by atoms with Crippen LogP contribution in [-0.2, 0) is 20.7 Å². The number of carbonyl (C=O) groups is 2. The monoisotopic (exact) mass is 362 g/mol. The molecule has 8 nitrogen and oxygen atoms in total. The molecule has 0 bridgehead atoms. The lowest BCUT2D eigenvalue weighted by Crippen LogP contribution is -2.56. The van der Waals surface area contributed by atoms with Gasteiger partial charge in [-0.15, -0.1) is 0 Å². The molecule has 1 N–H and O–H groups in total. The van der Waals surface area contributed by atoms with E-state index in [0.717, 1.165) is 24.1 Å². The van der Waals surface area contributed by atoms with E-state index < -0.39 is 0 Å². The van der Waals surface area contributed by atoms with Gasteiger partial charge in [0.05, 0.1) is 17.9 Å². The molecule has 2 fully saturated rings. The van der Waals surface area contributed by atoms with Gasteiger partial charge in [0.1, 0.15) is 6.54 Å². The van der Waals surface area contributed by atoms with E-state index in [1.165, 1.54) is 0 Å². The summed E-state index contributed by atoms with van der Waals surface area (Å²) >= 11 is 0. The van der Waals surface area contributed by atoms with Crippen LogP contribution in [-0.4, -0.2) is 76.8 Å². The van der Waals surface area contributed by atoms with E-state index in [1.54, 1.807) is 4.90 Å². The van der Waals surface area contributed by atoms with E-state index in [9.17, 15) is 9.59 Å². The lowest BCUT2D eigenvalue weighted by molar-refractivity contribution is -0.139. The number of nitrogens with zero attached hydrogens (tertiary/aromatic N) is 3. The molecule has 0 spiro atoms. The summed E-state index contributed by atoms with van der Waals surface area (Å²) in [4.78, 5) is 29.1. The van der Waals surface area contributed by atoms with Crippen molar-refractivity contribution >= 4 is 11.8 Å². The molecule has 0 aliphatic carbocycles. The Morgan fingerprint density at radius 2 is 2.00 bits per heavy atom. The highest BCUT2D eigenvalue weighted by Crippen LogP contribution is 2.30. The number of amides is 2. The van der Waals surface area contributed by atoms with E-state index >= 15 is 0 Å². The van der Waals surface area contributed by atoms with Gasteiger partial charge in [-0.25, -0.2) is 0 Å². The zero-order chi connectivity index (χ0) is 18.3. The highest BCUT2D eigenvalue weighted by Gasteiger charge is 2.36. The normalized spacial score (nSPS) is 27.5. The lowest BCUT2D eigenvalue weighted by atomic mass is 9.99. The number of aromatic nitrogens is 2. The first-order valence-electron chi connectivity index (χ1n) is 9.43. The Bertz CT molecular complexity index is 697. The van der Waals surface area contributed by atoms with Gasteiger partial charge in [0.15, 0.2) is 5.69 Å². The first-order chi connectivity index (χ1) is 12.5. The summed E-state index contributed by atoms with van der Waals surface area (Å²) in [5.74, 6) is -0.144. The number of hydrogen-bond donors (Lipinski definition) is 1. The van der Waals surface area contributed by atoms with E-state index in [4.69, 9.17) is 9.47 Å². The van der Waals surface area contributed by atoms with E-state index in [0.29, 0.717) is 38.4 Å². The largest absolute Gasteiger partial charge is 0.381 e. The third kappa shape index (κ3) is 3.12. The van der Waals surface area contributed by atoms with Crippen molar-refractivity contribution in [3.63, 3.8) is 0 Å². The van der Waals surface area contributed by atoms with Crippen LogP contribution in [0.2, 0.25) is 0 Å². The molecule has 2 atom stereocenters. The smallest absolute Gasteiger partial charge is 0.275 e. The topological polar surface area (TPSA) is 87.8 Å². The predicted molar refractivity (Wildman–Crippen MR) is 92.7 cm³/mol. The summed E-state index contributed by atoms with van der Waals surface area (Å²) in [6, 6.07) is 0.241. The van der Waals surface area contributed by atoms with Crippen molar-refractivity contribution < 1.29 is 19.1 Å². The molecule has 0 radical (unpaired) electrons. The third-order valence-electron chi connectivity index (χ3n) is 5.61. The average molecular weight is 362 g/mol. The Balaban J connectivity index is 1.46. The van der Waals surface area contributed by atoms with Crippen LogP contribution in [0.5, 0.6) is 0 Å². The van der Waals surface area contributed by atoms with Crippen LogP contribution in [0, 0.1) is 0 Å². The number of rotatable bonds is 2. The molecule has 4 rings (SSSR count). The highest BCUT2D eigenvalue weighted by atomic mass is 16.5. The van der Waals surface area contributed by atoms with Gasteiger partial charge < -0.3 is 19.3 Å². The Hall–Kier alpha value is -1.93. The minimum atomic E-state index is -0.163. The number of ether oxygens (including phenoxy) is 2. The van der Waals surface area contributed by atoms with Crippen molar-refractivity contribution in [2.24, 2.45) is 0 Å². The van der Waals surface area contributed by atoms with Crippen LogP contribution in [0.1, 0.15) is 54.5 Å². The summed E-state index contributed by atoms with van der Waals surface area (Å²) in [5.41, 5.74) is 2.24. The molecule has 2 saturated heterocycles. The van der Waals surface area contributed by atoms with Gasteiger partial charge in [0.2, 0.25) is 5.91 Å². The number of aromatic amines is 1. The second kappa shape index (κ2) is 7.00. The molecule has 3 aliphatic heterocycles. The molecule has 26 heavy (non-hydrogen) atoms. The molecule has 1 aromatic rings. The summed E-state index contributed by atoms with van der Waals surface area (Å²) in [7, 11) is 0. The number of piperazine rings is 1. The number of fused-ring (bicyclic) bond motifs is 1. The lowest BCUT2D eigenvalue weighted by Gasteiger charge is -2.40. The molecule has 8 heteroatoms. The summed E-state index contributed by atoms with van der Waals surface area (Å²) in [6.45, 7) is 6.61. The summed E-state index contributed by atoms with van der Waals surface area (Å²) < 4.78 is 11.2. The molecule has 0 unspecified atom stereocenters. The standard InChI is InChI=1S/C18H26N4O4/c1-11-9-14-16(12(2)26-11)19-20-17(14)18(24)21-5-6-22(15(23)10-21)13-3-7-25-8-4-13/h11-13H,3-10H2,1-2H3,(H,19,20)/t11-,12+/m1/s1. The number of hydrogen-bond acceptors (Lipinski definition) is 5. The molecule has 2 amide bonds. The van der Waals surface area contributed by atoms with Crippen LogP contribution in [0.4, 0.5) is 0 Å². The first-order valence-corrected chi connectivity index (χ1v) is 9.43. The summed E-state index contributed by atoms with van der Waals surface area (Å²) in [5, 5.41) is 7.21. The van der Waals surface area contributed by atoms with Gasteiger partial charge in [-0.1, -0.05) is 0 Å². The van der Waals surface area contributed by atoms with Gasteiger partial charge in [-0.3, -0.25) is 14.7 Å². The van der Waals surface area contributed by atoms with Crippen molar-refractivity contribution in [2.75, 3.05) is 32.8 Å². The highest BCUT2D eigenvalue weighted by molar-refractivity contribution is 5.97. The Kier molecular flexibility index (Phi) is 4.71. The van der Waals surface area contributed by atoms with Crippen molar-refractivity contribution in [3.05, 3.63) is 17.0 Å². The van der Waals surface area contributed by atoms with Crippen LogP contribution >= 0.6 is 0 Å². The predicted octanol–water partition coefficient (Wildman–Crippen LogP) is 0.895. The number of H-pyrrole nitrogens is 1. The van der Waals surface area contributed by atoms with Gasteiger partial charge in [-0.2, -0.15) is 5.10 Å². The van der Waals surface area contributed by atoms with Gasteiger partial charge in [-0.05, 0) is 26.7 Å². The van der Waals surface area contributed by atoms with Gasteiger partial charge in [0.25, 0.3) is 5.91 Å². The van der Waals surface area contributed by atoms with Crippen LogP contribution in [0.15, 0.2) is 0 Å². The molecular formula is C18H26N4O4. The molecular weight excluding hydrogens is 336 g/mol. The first kappa shape index (κ1) is 17.5. The van der Waals surface area contributed by atoms with Gasteiger partial charge in [0, 0.05) is 44.3 Å². The summed E-state index contributed by atoms with van der Waals surface area (Å²) in [6.07, 6.45) is 2.36. The third-order valence-corrected chi connectivity index (χ3v) is 5.61. The fraction of sp³-hybridized carbons (Fsp3) is 0.722. The number of carbonyl (C=O) groups excluding carboxylic acids is 2. The molecule has 4 heterocycles. The van der Waals surface area contributed by atoms with Crippen molar-refractivity contribution in [2.45, 2.75) is 51.4 Å². The van der Waals surface area contributed by atoms with Crippen LogP contribution in [0.25, 0.3) is 0 Å². The molecule has 1 aromatic heterocycles. The maximum absolute atomic E-state index is 13.0. The molecule has 0 saturated carbocycles. The minimum absolute atomic E-state index is 0.0194. The minimum Gasteiger partial charge on any atom is -0.381 e. The molecule has 142 valence electrons. The van der Waals surface area contributed by atoms with Crippen LogP contribution < -0.4 is 0 Å². The SMILES string of the molecule is C[C@@H]1Cc2c(C(=O)N3CCN(C4CCOCC4)C(=O)C3)n[nH]c2[C@H](C)O1. The molecule has 0 aromatic carbocycles. The van der Waals surface area contributed by atoms with Crippen LogP contribution in [0.3, 0.4) is 0 Å². The van der Waals surface area contributed by atoms with Crippen molar-refractivity contribution in [1.82, 2.24) is 20.0 Å². The Morgan fingerprint density at radius 3 is 2.73 bits per heavy atom. The Labute approximate surface area is 152 Å². The van der Waals surface area contributed by atoms with Gasteiger partial charge >= 0.3 is 0 Å². The quantitative estimate of drug-likeness (QED) is 0.844. The van der Waals surface area contributed by atoms with E-state index in [1.807, 2.05) is 18.7 Å². The zero-order valence-electron chi connectivity index (χ0n) is 15.4. The zero-order valence-corrected chi connectivity index (χ0v) is 15.4.